The fraction of sp³-hybridized carbons (Fsp3) is 0.750. The number of hydrogen-bond acceptors (Lipinski definition) is 6. The zero-order valence-corrected chi connectivity index (χ0v) is 19.1. The largest absolute Gasteiger partial charge is 0.345 e. The first-order chi connectivity index (χ1) is 13.5. The Morgan fingerprint density at radius 1 is 0.828 bits per heavy atom. The second kappa shape index (κ2) is 14.1. The number of aldehydes is 1. The van der Waals surface area contributed by atoms with E-state index in [4.69, 9.17) is 0 Å². The summed E-state index contributed by atoms with van der Waals surface area (Å²) in [6.45, 7) is 9.02. The third-order valence-corrected chi connectivity index (χ3v) is 4.77. The van der Waals surface area contributed by atoms with Crippen LogP contribution >= 0.6 is 11.8 Å². The molecule has 0 spiro atoms. The van der Waals surface area contributed by atoms with Crippen LogP contribution in [-0.4, -0.2) is 59.9 Å². The number of thioether (sulfide) groups is 1. The van der Waals surface area contributed by atoms with Crippen LogP contribution in [-0.2, 0) is 24.0 Å². The molecule has 0 aliphatic carbocycles. The maximum absolute atomic E-state index is 12.8. The second-order valence-electron chi connectivity index (χ2n) is 7.94. The lowest BCUT2D eigenvalue weighted by Crippen LogP contribution is -2.56. The highest BCUT2D eigenvalue weighted by Gasteiger charge is 2.29. The van der Waals surface area contributed by atoms with Crippen LogP contribution in [0.1, 0.15) is 53.9 Å². The van der Waals surface area contributed by atoms with Crippen molar-refractivity contribution in [1.82, 2.24) is 16.0 Å². The van der Waals surface area contributed by atoms with Crippen LogP contribution in [0.2, 0.25) is 0 Å². The number of nitrogens with one attached hydrogen (secondary N) is 3. The van der Waals surface area contributed by atoms with Crippen molar-refractivity contribution < 1.29 is 24.0 Å². The van der Waals surface area contributed by atoms with Crippen LogP contribution in [0.5, 0.6) is 0 Å². The standard InChI is InChI=1S/C20H35N3O5S/c1-12(2)9-16(21-14(5)25)19(27)23-17(10-13(3)4)20(28)22-15(7-8-29-6)18(26)11-24/h11-13,15-17H,7-10H2,1-6H3,(H,21,25)(H,22,28)(H,23,27)/t15-,16-,17-/m0/s1. The number of ketones is 1. The topological polar surface area (TPSA) is 121 Å². The Hall–Kier alpha value is -1.90. The first-order valence-electron chi connectivity index (χ1n) is 9.87. The van der Waals surface area contributed by atoms with Crippen LogP contribution in [0.25, 0.3) is 0 Å². The molecule has 0 aliphatic heterocycles. The Morgan fingerprint density at radius 3 is 1.66 bits per heavy atom. The molecular formula is C20H35N3O5S. The molecule has 0 bridgehead atoms. The predicted octanol–water partition coefficient (Wildman–Crippen LogP) is 1.07. The van der Waals surface area contributed by atoms with Gasteiger partial charge >= 0.3 is 0 Å². The van der Waals surface area contributed by atoms with Gasteiger partial charge in [0.15, 0.2) is 6.29 Å². The van der Waals surface area contributed by atoms with Gasteiger partial charge in [0.1, 0.15) is 12.1 Å². The molecule has 3 atom stereocenters. The molecule has 0 aliphatic rings. The fourth-order valence-corrected chi connectivity index (χ4v) is 3.27. The molecule has 0 aromatic heterocycles. The Morgan fingerprint density at radius 2 is 1.28 bits per heavy atom. The van der Waals surface area contributed by atoms with Gasteiger partial charge in [-0.15, -0.1) is 0 Å². The molecule has 29 heavy (non-hydrogen) atoms. The Labute approximate surface area is 177 Å². The van der Waals surface area contributed by atoms with E-state index in [-0.39, 0.29) is 24.0 Å². The molecule has 0 radical (unpaired) electrons. The number of rotatable bonds is 14. The predicted molar refractivity (Wildman–Crippen MR) is 114 cm³/mol. The average Bonchev–Trinajstić information content (AvgIpc) is 2.61. The number of carbonyl (C=O) groups excluding carboxylic acids is 5. The van der Waals surface area contributed by atoms with Crippen LogP contribution in [0.4, 0.5) is 0 Å². The lowest BCUT2D eigenvalue weighted by molar-refractivity contribution is -0.135. The van der Waals surface area contributed by atoms with Crippen LogP contribution < -0.4 is 16.0 Å². The van der Waals surface area contributed by atoms with E-state index < -0.39 is 35.7 Å². The van der Waals surface area contributed by atoms with Crippen molar-refractivity contribution >= 4 is 41.6 Å². The van der Waals surface area contributed by atoms with Gasteiger partial charge in [-0.05, 0) is 43.1 Å². The van der Waals surface area contributed by atoms with Gasteiger partial charge in [0.25, 0.3) is 0 Å². The highest BCUT2D eigenvalue weighted by Crippen LogP contribution is 2.10. The molecule has 9 heteroatoms. The third kappa shape index (κ3) is 11.6. The van der Waals surface area contributed by atoms with Crippen molar-refractivity contribution in [3.8, 4) is 0 Å². The lowest BCUT2D eigenvalue weighted by Gasteiger charge is -2.26. The van der Waals surface area contributed by atoms with Gasteiger partial charge in [-0.25, -0.2) is 0 Å². The fourth-order valence-electron chi connectivity index (χ4n) is 2.80. The summed E-state index contributed by atoms with van der Waals surface area (Å²) in [7, 11) is 0. The summed E-state index contributed by atoms with van der Waals surface area (Å²) in [5.74, 6) is -1.12. The molecule has 3 amide bonds. The molecule has 0 saturated carbocycles. The van der Waals surface area contributed by atoms with Crippen molar-refractivity contribution in [2.45, 2.75) is 72.0 Å². The zero-order chi connectivity index (χ0) is 22.6. The third-order valence-electron chi connectivity index (χ3n) is 4.13. The van der Waals surface area contributed by atoms with Crippen molar-refractivity contribution in [1.29, 1.82) is 0 Å². The van der Waals surface area contributed by atoms with Gasteiger partial charge in [0.05, 0.1) is 6.04 Å². The maximum Gasteiger partial charge on any atom is 0.243 e. The molecule has 8 nitrogen and oxygen atoms in total. The summed E-state index contributed by atoms with van der Waals surface area (Å²) in [6, 6.07) is -2.54. The van der Waals surface area contributed by atoms with Crippen molar-refractivity contribution in [3.63, 3.8) is 0 Å². The van der Waals surface area contributed by atoms with Crippen molar-refractivity contribution in [2.24, 2.45) is 11.8 Å². The summed E-state index contributed by atoms with van der Waals surface area (Å²) in [5.41, 5.74) is 0. The molecule has 0 unspecified atom stereocenters. The minimum absolute atomic E-state index is 0.0989. The smallest absolute Gasteiger partial charge is 0.243 e. The monoisotopic (exact) mass is 429 g/mol. The first kappa shape index (κ1) is 27.1. The normalized spacial score (nSPS) is 14.1. The first-order valence-corrected chi connectivity index (χ1v) is 11.3. The van der Waals surface area contributed by atoms with E-state index in [0.717, 1.165) is 0 Å². The summed E-state index contributed by atoms with van der Waals surface area (Å²) >= 11 is 1.50. The molecular weight excluding hydrogens is 394 g/mol. The maximum atomic E-state index is 12.8. The Bertz CT molecular complexity index is 580. The van der Waals surface area contributed by atoms with E-state index in [0.29, 0.717) is 25.0 Å². The summed E-state index contributed by atoms with van der Waals surface area (Å²) in [5, 5.41) is 7.92. The minimum Gasteiger partial charge on any atom is -0.345 e. The van der Waals surface area contributed by atoms with Crippen molar-refractivity contribution in [3.05, 3.63) is 0 Å². The lowest BCUT2D eigenvalue weighted by atomic mass is 9.99. The molecule has 0 heterocycles. The van der Waals surface area contributed by atoms with E-state index in [1.54, 1.807) is 0 Å². The SMILES string of the molecule is CSCC[C@H](NC(=O)[C@H](CC(C)C)NC(=O)[C@H](CC(C)C)NC(C)=O)C(=O)C=O. The van der Waals surface area contributed by atoms with Gasteiger partial charge in [-0.1, -0.05) is 27.7 Å². The number of carbonyl (C=O) groups is 5. The molecule has 0 aromatic carbocycles. The van der Waals surface area contributed by atoms with Crippen LogP contribution in [0.15, 0.2) is 0 Å². The summed E-state index contributed by atoms with van der Waals surface area (Å²) in [4.78, 5) is 59.7. The van der Waals surface area contributed by atoms with Crippen molar-refractivity contribution in [2.75, 3.05) is 12.0 Å². The quantitative estimate of drug-likeness (QED) is 0.281. The van der Waals surface area contributed by atoms with Gasteiger partial charge < -0.3 is 16.0 Å². The van der Waals surface area contributed by atoms with E-state index in [1.807, 2.05) is 34.0 Å². The number of amides is 3. The van der Waals surface area contributed by atoms with E-state index in [1.165, 1.54) is 18.7 Å². The van der Waals surface area contributed by atoms with Gasteiger partial charge in [-0.2, -0.15) is 11.8 Å². The number of Topliss-reactive ketones (excluding diaryl/α,β-unsaturated/α-hetero) is 1. The molecule has 0 rings (SSSR count). The molecule has 0 saturated heterocycles. The zero-order valence-electron chi connectivity index (χ0n) is 18.2. The van der Waals surface area contributed by atoms with Gasteiger partial charge in [0.2, 0.25) is 23.5 Å². The Balaban J connectivity index is 5.35. The van der Waals surface area contributed by atoms with E-state index >= 15 is 0 Å². The molecule has 0 fully saturated rings. The van der Waals surface area contributed by atoms with Crippen LogP contribution in [0, 0.1) is 11.8 Å². The molecule has 3 N–H and O–H groups in total. The summed E-state index contributed by atoms with van der Waals surface area (Å²) in [6.07, 6.45) is 3.19. The molecule has 166 valence electrons. The molecule has 0 aromatic rings. The van der Waals surface area contributed by atoms with Gasteiger partial charge in [0, 0.05) is 6.92 Å². The highest BCUT2D eigenvalue weighted by atomic mass is 32.2. The van der Waals surface area contributed by atoms with Gasteiger partial charge in [-0.3, -0.25) is 24.0 Å². The van der Waals surface area contributed by atoms with E-state index in [9.17, 15) is 24.0 Å². The summed E-state index contributed by atoms with van der Waals surface area (Å²) < 4.78 is 0. The van der Waals surface area contributed by atoms with Crippen LogP contribution in [0.3, 0.4) is 0 Å². The highest BCUT2D eigenvalue weighted by molar-refractivity contribution is 7.98. The average molecular weight is 430 g/mol. The number of hydrogen-bond donors (Lipinski definition) is 3. The minimum atomic E-state index is -0.916. The Kier molecular flexibility index (Phi) is 13.2. The van der Waals surface area contributed by atoms with E-state index in [2.05, 4.69) is 16.0 Å². The second-order valence-corrected chi connectivity index (χ2v) is 8.92.